The standard InChI is InChI=1S/C36H26N8O11S3/c37-20-3-1-18-13-31(57(50,51)52)33(35(45)26(18)15-20)44-41-23-4-2-19-14-32(58(53,54)55)34(36(46)27(19)16-23)43-40-22-7-5-21(6-8-22)39-42-30-12-11-29(38)28-17-24(56(47,48)49)9-10-25(28)30/h1-17,40-41H,37-38H2,(H,47,48,49)(H,50,51,52)(H,53,54,55)/p-3. The van der Waals surface area contributed by atoms with Crippen molar-refractivity contribution in [2.45, 2.75) is 4.90 Å². The summed E-state index contributed by atoms with van der Waals surface area (Å²) in [6.07, 6.45) is 1.92. The largest absolute Gasteiger partial charge is 0.744 e. The van der Waals surface area contributed by atoms with Crippen molar-refractivity contribution >= 4 is 110 Å². The molecule has 0 amide bonds. The summed E-state index contributed by atoms with van der Waals surface area (Å²) in [5, 5.41) is 16.8. The number of carbonyl (C=O) groups is 2. The van der Waals surface area contributed by atoms with Crippen LogP contribution in [0.2, 0.25) is 0 Å². The van der Waals surface area contributed by atoms with Crippen molar-refractivity contribution in [3.63, 3.8) is 0 Å². The number of nitrogens with two attached hydrogens (primary N) is 2. The zero-order valence-electron chi connectivity index (χ0n) is 29.0. The van der Waals surface area contributed by atoms with Crippen LogP contribution in [0, 0.1) is 0 Å². The number of nitrogens with one attached hydrogen (secondary N) is 2. The fourth-order valence-electron chi connectivity index (χ4n) is 5.87. The number of azo groups is 1. The minimum Gasteiger partial charge on any atom is -0.744 e. The molecule has 294 valence electrons. The Labute approximate surface area is 328 Å². The van der Waals surface area contributed by atoms with Crippen molar-refractivity contribution in [3.8, 4) is 0 Å². The number of nitrogens with zero attached hydrogens (tertiary/aromatic N) is 4. The molecule has 0 unspecified atom stereocenters. The second-order valence-electron chi connectivity index (χ2n) is 12.5. The Morgan fingerprint density at radius 3 is 1.67 bits per heavy atom. The van der Waals surface area contributed by atoms with Gasteiger partial charge in [0.2, 0.25) is 11.6 Å². The maximum Gasteiger partial charge on any atom is 0.215 e. The molecule has 0 heterocycles. The van der Waals surface area contributed by atoms with Crippen LogP contribution in [0.1, 0.15) is 31.8 Å². The number of allylic oxidation sites excluding steroid dienone is 2. The fourth-order valence-corrected chi connectivity index (χ4v) is 7.66. The number of hydrogen-bond donors (Lipinski definition) is 4. The molecule has 2 aliphatic rings. The number of benzene rings is 5. The molecular weight excluding hydrogens is 817 g/mol. The van der Waals surface area contributed by atoms with E-state index in [1.54, 1.807) is 6.07 Å². The van der Waals surface area contributed by atoms with Gasteiger partial charge < -0.3 is 25.1 Å². The third-order valence-corrected chi connectivity index (χ3v) is 11.2. The Morgan fingerprint density at radius 1 is 0.534 bits per heavy atom. The highest BCUT2D eigenvalue weighted by atomic mass is 32.2. The van der Waals surface area contributed by atoms with E-state index in [1.165, 1.54) is 72.8 Å². The van der Waals surface area contributed by atoms with Gasteiger partial charge in [-0.2, -0.15) is 15.3 Å². The minimum atomic E-state index is -5.25. The lowest BCUT2D eigenvalue weighted by Crippen LogP contribution is -2.28. The van der Waals surface area contributed by atoms with Crippen LogP contribution >= 0.6 is 0 Å². The Balaban J connectivity index is 1.13. The summed E-state index contributed by atoms with van der Waals surface area (Å²) < 4.78 is 107. The number of nitrogen functional groups attached to an aromatic ring is 2. The zero-order chi connectivity index (χ0) is 41.7. The molecule has 5 aromatic rings. The molecule has 0 aliphatic heterocycles. The lowest BCUT2D eigenvalue weighted by atomic mass is 9.94. The fraction of sp³-hybridized carbons (Fsp3) is 0. The van der Waals surface area contributed by atoms with Crippen molar-refractivity contribution in [2.24, 2.45) is 20.4 Å². The monoisotopic (exact) mass is 839 g/mol. The highest BCUT2D eigenvalue weighted by molar-refractivity contribution is 7.91. The number of carbonyl (C=O) groups excluding carboxylic acids is 2. The van der Waals surface area contributed by atoms with Gasteiger partial charge >= 0.3 is 0 Å². The molecule has 0 spiro atoms. The van der Waals surface area contributed by atoms with Crippen LogP contribution in [0.4, 0.5) is 34.1 Å². The van der Waals surface area contributed by atoms with Gasteiger partial charge in [-0.3, -0.25) is 20.4 Å². The first kappa shape index (κ1) is 39.3. The Morgan fingerprint density at radius 2 is 1.09 bits per heavy atom. The van der Waals surface area contributed by atoms with Crippen LogP contribution in [0.3, 0.4) is 0 Å². The van der Waals surface area contributed by atoms with Crippen molar-refractivity contribution in [2.75, 3.05) is 22.3 Å². The van der Waals surface area contributed by atoms with Crippen LogP contribution in [0.15, 0.2) is 126 Å². The Hall–Kier alpha value is -6.95. The number of hydrogen-bond acceptors (Lipinski definition) is 19. The number of rotatable bonds is 9. The summed E-state index contributed by atoms with van der Waals surface area (Å²) in [5.74, 6) is -1.92. The third-order valence-electron chi connectivity index (χ3n) is 8.65. The normalized spacial score (nSPS) is 16.0. The highest BCUT2D eigenvalue weighted by Crippen LogP contribution is 2.34. The van der Waals surface area contributed by atoms with E-state index in [0.717, 1.165) is 24.3 Å². The second-order valence-corrected chi connectivity index (χ2v) is 16.5. The van der Waals surface area contributed by atoms with Gasteiger partial charge in [0.15, 0.2) is 0 Å². The summed E-state index contributed by atoms with van der Waals surface area (Å²) in [7, 11) is -15.2. The van der Waals surface area contributed by atoms with Crippen LogP contribution < -0.4 is 22.3 Å². The highest BCUT2D eigenvalue weighted by Gasteiger charge is 2.31. The van der Waals surface area contributed by atoms with E-state index in [2.05, 4.69) is 31.3 Å². The van der Waals surface area contributed by atoms with E-state index >= 15 is 0 Å². The van der Waals surface area contributed by atoms with Gasteiger partial charge in [0.25, 0.3) is 0 Å². The first-order chi connectivity index (χ1) is 27.3. The van der Waals surface area contributed by atoms with Crippen LogP contribution in [-0.2, 0) is 30.4 Å². The molecule has 19 nitrogen and oxygen atoms in total. The van der Waals surface area contributed by atoms with E-state index in [-0.39, 0.29) is 50.4 Å². The summed E-state index contributed by atoms with van der Waals surface area (Å²) >= 11 is 0. The molecule has 2 aliphatic carbocycles. The first-order valence-electron chi connectivity index (χ1n) is 16.2. The summed E-state index contributed by atoms with van der Waals surface area (Å²) in [6, 6.07) is 20.3. The molecule has 0 saturated carbocycles. The first-order valence-corrected chi connectivity index (χ1v) is 20.5. The summed E-state index contributed by atoms with van der Waals surface area (Å²) in [6.45, 7) is 0. The molecule has 0 aromatic heterocycles. The topological polar surface area (TPSA) is 331 Å². The van der Waals surface area contributed by atoms with E-state index in [4.69, 9.17) is 11.5 Å². The average molecular weight is 840 g/mol. The van der Waals surface area contributed by atoms with Crippen molar-refractivity contribution in [3.05, 3.63) is 123 Å². The summed E-state index contributed by atoms with van der Waals surface area (Å²) in [5.41, 5.74) is 16.5. The van der Waals surface area contributed by atoms with E-state index < -0.39 is 68.0 Å². The predicted molar refractivity (Wildman–Crippen MR) is 210 cm³/mol. The van der Waals surface area contributed by atoms with Crippen LogP contribution in [0.25, 0.3) is 22.9 Å². The lowest BCUT2D eigenvalue weighted by molar-refractivity contribution is 0.105. The molecule has 22 heteroatoms. The minimum absolute atomic E-state index is 0.000523. The van der Waals surface area contributed by atoms with E-state index in [0.29, 0.717) is 16.8 Å². The van der Waals surface area contributed by atoms with Gasteiger partial charge in [0.1, 0.15) is 41.8 Å². The molecular formula is C36H23N8O11S3-3. The summed E-state index contributed by atoms with van der Waals surface area (Å²) in [4.78, 5) is 24.6. The third kappa shape index (κ3) is 7.86. The van der Waals surface area contributed by atoms with Gasteiger partial charge in [-0.1, -0.05) is 18.2 Å². The van der Waals surface area contributed by atoms with Crippen LogP contribution in [-0.4, -0.2) is 61.9 Å². The number of hydrazone groups is 2. The Kier molecular flexibility index (Phi) is 9.84. The lowest BCUT2D eigenvalue weighted by Gasteiger charge is -2.21. The molecule has 0 radical (unpaired) electrons. The molecule has 58 heavy (non-hydrogen) atoms. The van der Waals surface area contributed by atoms with Gasteiger partial charge in [0, 0.05) is 33.3 Å². The van der Waals surface area contributed by atoms with Crippen molar-refractivity contribution < 1.29 is 48.5 Å². The number of Topliss-reactive ketones (excluding diaryl/α,β-unsaturated/α-hetero) is 2. The van der Waals surface area contributed by atoms with Gasteiger partial charge in [0.05, 0.1) is 37.5 Å². The van der Waals surface area contributed by atoms with Crippen molar-refractivity contribution in [1.82, 2.24) is 0 Å². The quantitative estimate of drug-likeness (QED) is 0.0690. The molecule has 0 bridgehead atoms. The number of fused-ring (bicyclic) bond motifs is 3. The SMILES string of the molecule is Nc1ccc2c(c1)C(=O)C(=NNc1ccc3c(c1)C(=O)C(=NNc1ccc(N=Nc4ccc(N)c5cc(S(=O)(=O)[O-])ccc45)cc1)C(S(=O)(=O)[O-])=C3)C(S(=O)(=O)[O-])=C2. The molecule has 0 saturated heterocycles. The maximum atomic E-state index is 13.7. The van der Waals surface area contributed by atoms with Gasteiger partial charge in [-0.05, 0) is 96.1 Å². The van der Waals surface area contributed by atoms with Crippen molar-refractivity contribution in [1.29, 1.82) is 0 Å². The number of ketones is 2. The van der Waals surface area contributed by atoms with Gasteiger partial charge in [-0.15, -0.1) is 5.11 Å². The Bertz CT molecular complexity index is 3140. The molecule has 0 atom stereocenters. The molecule has 7 rings (SSSR count). The van der Waals surface area contributed by atoms with Crippen LogP contribution in [0.5, 0.6) is 0 Å². The second kappa shape index (κ2) is 14.5. The van der Waals surface area contributed by atoms with E-state index in [9.17, 15) is 48.5 Å². The molecule has 5 aromatic carbocycles. The molecule has 6 N–H and O–H groups in total. The average Bonchev–Trinajstić information content (AvgIpc) is 3.16. The van der Waals surface area contributed by atoms with E-state index in [1.807, 2.05) is 0 Å². The smallest absolute Gasteiger partial charge is 0.215 e. The van der Waals surface area contributed by atoms with Gasteiger partial charge in [-0.25, -0.2) is 25.3 Å². The molecule has 0 fully saturated rings. The zero-order valence-corrected chi connectivity index (χ0v) is 31.4. The predicted octanol–water partition coefficient (Wildman–Crippen LogP) is 4.42. The number of anilines is 4. The maximum absolute atomic E-state index is 13.7.